The SMILES string of the molecule is O=C(OCc1cc(F)cc2c1OCOC2)c1cc([N+](=O)[O-])ccc1N1CCCC1. The summed E-state index contributed by atoms with van der Waals surface area (Å²) in [4.78, 5) is 25.4. The van der Waals surface area contributed by atoms with Crippen molar-refractivity contribution in [3.05, 3.63) is 63.0 Å². The summed E-state index contributed by atoms with van der Waals surface area (Å²) in [5, 5.41) is 11.2. The van der Waals surface area contributed by atoms with E-state index in [-0.39, 0.29) is 31.3 Å². The third-order valence-electron chi connectivity index (χ3n) is 4.97. The van der Waals surface area contributed by atoms with Crippen LogP contribution in [0.15, 0.2) is 30.3 Å². The Hall–Kier alpha value is -3.20. The predicted molar refractivity (Wildman–Crippen MR) is 100 cm³/mol. The van der Waals surface area contributed by atoms with Crippen LogP contribution in [0.25, 0.3) is 0 Å². The van der Waals surface area contributed by atoms with E-state index in [9.17, 15) is 19.3 Å². The van der Waals surface area contributed by atoms with Crippen molar-refractivity contribution in [2.75, 3.05) is 24.8 Å². The van der Waals surface area contributed by atoms with Crippen LogP contribution in [0.3, 0.4) is 0 Å². The van der Waals surface area contributed by atoms with E-state index in [4.69, 9.17) is 14.2 Å². The number of benzene rings is 2. The number of carbonyl (C=O) groups is 1. The Morgan fingerprint density at radius 1 is 1.24 bits per heavy atom. The van der Waals surface area contributed by atoms with Gasteiger partial charge in [0.05, 0.1) is 22.8 Å². The highest BCUT2D eigenvalue weighted by molar-refractivity contribution is 5.96. The molecular weight excluding hydrogens is 383 g/mol. The van der Waals surface area contributed by atoms with Crippen LogP contribution in [0.2, 0.25) is 0 Å². The van der Waals surface area contributed by atoms with Crippen LogP contribution in [0.1, 0.15) is 34.3 Å². The van der Waals surface area contributed by atoms with Gasteiger partial charge in [0, 0.05) is 36.3 Å². The van der Waals surface area contributed by atoms with Gasteiger partial charge in [-0.3, -0.25) is 10.1 Å². The van der Waals surface area contributed by atoms with Crippen LogP contribution in [0, 0.1) is 15.9 Å². The fraction of sp³-hybridized carbons (Fsp3) is 0.350. The smallest absolute Gasteiger partial charge is 0.340 e. The zero-order valence-electron chi connectivity index (χ0n) is 15.6. The monoisotopic (exact) mass is 402 g/mol. The first kappa shape index (κ1) is 19.1. The standard InChI is InChI=1S/C20H19FN2O6/c21-15-7-13-10-27-12-29-19(13)14(8-15)11-28-20(24)17-9-16(23(25)26)3-4-18(17)22-5-1-2-6-22/h3-4,7-9H,1-2,5-6,10-12H2. The number of halogens is 1. The molecule has 2 aliphatic heterocycles. The molecule has 2 aliphatic rings. The molecule has 1 saturated heterocycles. The second kappa shape index (κ2) is 8.04. The van der Waals surface area contributed by atoms with Crippen LogP contribution in [0.5, 0.6) is 5.75 Å². The molecule has 0 saturated carbocycles. The number of carbonyl (C=O) groups excluding carboxylic acids is 1. The van der Waals surface area contributed by atoms with Crippen LogP contribution in [0.4, 0.5) is 15.8 Å². The van der Waals surface area contributed by atoms with Crippen molar-refractivity contribution in [3.63, 3.8) is 0 Å². The third kappa shape index (κ3) is 4.00. The van der Waals surface area contributed by atoms with Gasteiger partial charge in [-0.05, 0) is 31.0 Å². The molecule has 0 N–H and O–H groups in total. The second-order valence-electron chi connectivity index (χ2n) is 6.89. The quantitative estimate of drug-likeness (QED) is 0.429. The number of rotatable bonds is 5. The van der Waals surface area contributed by atoms with Gasteiger partial charge in [-0.15, -0.1) is 0 Å². The lowest BCUT2D eigenvalue weighted by Gasteiger charge is -2.22. The Balaban J connectivity index is 1.59. The number of nitro groups is 1. The van der Waals surface area contributed by atoms with E-state index in [1.54, 1.807) is 6.07 Å². The number of nitrogens with zero attached hydrogens (tertiary/aromatic N) is 2. The molecule has 0 atom stereocenters. The lowest BCUT2D eigenvalue weighted by Crippen LogP contribution is -2.21. The maximum atomic E-state index is 13.9. The third-order valence-corrected chi connectivity index (χ3v) is 4.97. The van der Waals surface area contributed by atoms with Gasteiger partial charge < -0.3 is 19.1 Å². The van der Waals surface area contributed by atoms with Crippen LogP contribution < -0.4 is 9.64 Å². The van der Waals surface area contributed by atoms with Gasteiger partial charge in [-0.1, -0.05) is 0 Å². The summed E-state index contributed by atoms with van der Waals surface area (Å²) in [5.41, 5.74) is 1.45. The zero-order chi connectivity index (χ0) is 20.4. The predicted octanol–water partition coefficient (Wildman–Crippen LogP) is 3.56. The highest BCUT2D eigenvalue weighted by Gasteiger charge is 2.24. The minimum atomic E-state index is -0.708. The fourth-order valence-corrected chi connectivity index (χ4v) is 3.62. The lowest BCUT2D eigenvalue weighted by molar-refractivity contribution is -0.384. The van der Waals surface area contributed by atoms with Crippen molar-refractivity contribution in [2.45, 2.75) is 26.1 Å². The molecule has 1 fully saturated rings. The fourth-order valence-electron chi connectivity index (χ4n) is 3.62. The summed E-state index contributed by atoms with van der Waals surface area (Å²) < 4.78 is 29.8. The molecule has 29 heavy (non-hydrogen) atoms. The average Bonchev–Trinajstić information content (AvgIpc) is 3.25. The van der Waals surface area contributed by atoms with E-state index < -0.39 is 16.7 Å². The van der Waals surface area contributed by atoms with Crippen LogP contribution in [-0.2, 0) is 22.7 Å². The summed E-state index contributed by atoms with van der Waals surface area (Å²) in [6, 6.07) is 6.73. The molecule has 0 spiro atoms. The molecule has 0 amide bonds. The molecule has 0 aromatic heterocycles. The van der Waals surface area contributed by atoms with Gasteiger partial charge in [0.1, 0.15) is 18.2 Å². The second-order valence-corrected chi connectivity index (χ2v) is 6.89. The van der Waals surface area contributed by atoms with Crippen molar-refractivity contribution < 1.29 is 28.3 Å². The summed E-state index contributed by atoms with van der Waals surface area (Å²) >= 11 is 0. The van der Waals surface area contributed by atoms with E-state index in [2.05, 4.69) is 0 Å². The Bertz CT molecular complexity index is 958. The first-order valence-electron chi connectivity index (χ1n) is 9.25. The number of anilines is 1. The van der Waals surface area contributed by atoms with Gasteiger partial charge >= 0.3 is 5.97 Å². The lowest BCUT2D eigenvalue weighted by atomic mass is 10.1. The minimum absolute atomic E-state index is 0.0313. The molecule has 0 unspecified atom stereocenters. The minimum Gasteiger partial charge on any atom is -0.467 e. The Morgan fingerprint density at radius 2 is 2.03 bits per heavy atom. The van der Waals surface area contributed by atoms with E-state index in [1.165, 1.54) is 24.3 Å². The Labute approximate surface area is 165 Å². The first-order valence-corrected chi connectivity index (χ1v) is 9.25. The summed E-state index contributed by atoms with van der Waals surface area (Å²) in [6.45, 7) is 1.55. The molecule has 2 aromatic carbocycles. The van der Waals surface area contributed by atoms with E-state index in [0.29, 0.717) is 22.6 Å². The van der Waals surface area contributed by atoms with E-state index in [0.717, 1.165) is 25.9 Å². The summed E-state index contributed by atoms with van der Waals surface area (Å²) in [7, 11) is 0. The molecule has 4 rings (SSSR count). The maximum absolute atomic E-state index is 13.9. The average molecular weight is 402 g/mol. The molecule has 0 radical (unpaired) electrons. The molecule has 2 heterocycles. The van der Waals surface area contributed by atoms with Gasteiger partial charge in [0.2, 0.25) is 0 Å². The Kier molecular flexibility index (Phi) is 5.30. The number of hydrogen-bond donors (Lipinski definition) is 0. The largest absolute Gasteiger partial charge is 0.467 e. The highest BCUT2D eigenvalue weighted by atomic mass is 19.1. The van der Waals surface area contributed by atoms with E-state index in [1.807, 2.05) is 4.90 Å². The van der Waals surface area contributed by atoms with Crippen molar-refractivity contribution in [3.8, 4) is 5.75 Å². The van der Waals surface area contributed by atoms with Gasteiger partial charge in [0.25, 0.3) is 5.69 Å². The molecule has 0 aliphatic carbocycles. The number of esters is 1. The van der Waals surface area contributed by atoms with Crippen molar-refractivity contribution >= 4 is 17.3 Å². The van der Waals surface area contributed by atoms with Crippen molar-refractivity contribution in [2.24, 2.45) is 0 Å². The topological polar surface area (TPSA) is 91.1 Å². The highest BCUT2D eigenvalue weighted by Crippen LogP contribution is 2.32. The number of hydrogen-bond acceptors (Lipinski definition) is 7. The molecule has 2 aromatic rings. The van der Waals surface area contributed by atoms with Crippen LogP contribution in [-0.4, -0.2) is 30.8 Å². The van der Waals surface area contributed by atoms with Crippen LogP contribution >= 0.6 is 0 Å². The summed E-state index contributed by atoms with van der Waals surface area (Å²) in [6.07, 6.45) is 1.97. The number of ether oxygens (including phenoxy) is 3. The summed E-state index contributed by atoms with van der Waals surface area (Å²) in [5.74, 6) is -0.762. The maximum Gasteiger partial charge on any atom is 0.340 e. The molecule has 0 bridgehead atoms. The Morgan fingerprint density at radius 3 is 2.79 bits per heavy atom. The number of nitro benzene ring substituents is 1. The molecule has 8 nitrogen and oxygen atoms in total. The van der Waals surface area contributed by atoms with Crippen molar-refractivity contribution in [1.82, 2.24) is 0 Å². The molecular formula is C20H19FN2O6. The molecule has 9 heteroatoms. The van der Waals surface area contributed by atoms with E-state index >= 15 is 0 Å². The van der Waals surface area contributed by atoms with Gasteiger partial charge in [0.15, 0.2) is 6.79 Å². The van der Waals surface area contributed by atoms with Crippen molar-refractivity contribution in [1.29, 1.82) is 0 Å². The van der Waals surface area contributed by atoms with Gasteiger partial charge in [-0.2, -0.15) is 0 Å². The van der Waals surface area contributed by atoms with Gasteiger partial charge in [-0.25, -0.2) is 9.18 Å². The normalized spacial score (nSPS) is 15.6. The number of non-ortho nitro benzene ring substituents is 1. The first-order chi connectivity index (χ1) is 14.0. The molecule has 152 valence electrons. The number of fused-ring (bicyclic) bond motifs is 1. The zero-order valence-corrected chi connectivity index (χ0v) is 15.6.